The van der Waals surface area contributed by atoms with E-state index in [9.17, 15) is 5.11 Å². The molecule has 3 nitrogen and oxygen atoms in total. The van der Waals surface area contributed by atoms with E-state index in [1.165, 1.54) is 5.56 Å². The fourth-order valence-corrected chi connectivity index (χ4v) is 1.70. The molecule has 0 amide bonds. The molecule has 0 aliphatic rings. The van der Waals surface area contributed by atoms with Gasteiger partial charge in [0.1, 0.15) is 5.75 Å². The molecule has 1 aromatic rings. The van der Waals surface area contributed by atoms with E-state index in [0.717, 1.165) is 11.3 Å². The molecule has 0 heterocycles. The first-order chi connectivity index (χ1) is 7.83. The van der Waals surface area contributed by atoms with Crippen molar-refractivity contribution in [2.45, 2.75) is 39.3 Å². The normalized spacial score (nSPS) is 13.5. The molecule has 0 aromatic heterocycles. The number of hydrogen-bond acceptors (Lipinski definition) is 3. The minimum Gasteiger partial charge on any atom is -0.496 e. The first kappa shape index (κ1) is 14.0. The average molecular weight is 237 g/mol. The van der Waals surface area contributed by atoms with Crippen LogP contribution in [0.3, 0.4) is 0 Å². The van der Waals surface area contributed by atoms with Crippen LogP contribution in [0.5, 0.6) is 5.75 Å². The van der Waals surface area contributed by atoms with Gasteiger partial charge in [0.2, 0.25) is 0 Å². The highest BCUT2D eigenvalue weighted by molar-refractivity contribution is 5.38. The first-order valence-corrected chi connectivity index (χ1v) is 5.94. The summed E-state index contributed by atoms with van der Waals surface area (Å²) in [5, 5.41) is 13.0. The predicted octanol–water partition coefficient (Wildman–Crippen LogP) is 2.43. The number of ether oxygens (including phenoxy) is 1. The zero-order valence-electron chi connectivity index (χ0n) is 11.4. The molecular weight excluding hydrogens is 214 g/mol. The average Bonchev–Trinajstić information content (AvgIpc) is 2.25. The Hall–Kier alpha value is -1.06. The van der Waals surface area contributed by atoms with Crippen LogP contribution in [0.2, 0.25) is 0 Å². The van der Waals surface area contributed by atoms with E-state index in [4.69, 9.17) is 4.74 Å². The van der Waals surface area contributed by atoms with E-state index < -0.39 is 5.60 Å². The van der Waals surface area contributed by atoms with Gasteiger partial charge in [-0.3, -0.25) is 0 Å². The second-order valence-corrected chi connectivity index (χ2v) is 5.16. The molecule has 0 spiro atoms. The van der Waals surface area contributed by atoms with Gasteiger partial charge in [0.05, 0.1) is 12.7 Å². The van der Waals surface area contributed by atoms with Gasteiger partial charge < -0.3 is 15.2 Å². The lowest BCUT2D eigenvalue weighted by atomic mass is 10.0. The Bertz CT molecular complexity index is 369. The van der Waals surface area contributed by atoms with Crippen molar-refractivity contribution < 1.29 is 9.84 Å². The minimum atomic E-state index is -0.703. The first-order valence-electron chi connectivity index (χ1n) is 5.94. The Labute approximate surface area is 104 Å². The molecule has 0 bridgehead atoms. The van der Waals surface area contributed by atoms with Crippen molar-refractivity contribution in [1.29, 1.82) is 0 Å². The molecule has 0 aliphatic carbocycles. The van der Waals surface area contributed by atoms with E-state index in [2.05, 4.69) is 25.2 Å². The molecule has 96 valence electrons. The fraction of sp³-hybridized carbons (Fsp3) is 0.571. The minimum absolute atomic E-state index is 0.149. The summed E-state index contributed by atoms with van der Waals surface area (Å²) in [5.41, 5.74) is 1.63. The van der Waals surface area contributed by atoms with Gasteiger partial charge in [-0.05, 0) is 33.8 Å². The summed E-state index contributed by atoms with van der Waals surface area (Å²) in [5.74, 6) is 0.881. The quantitative estimate of drug-likeness (QED) is 0.826. The van der Waals surface area contributed by atoms with Crippen LogP contribution < -0.4 is 10.1 Å². The molecule has 1 atom stereocenters. The molecule has 3 heteroatoms. The summed E-state index contributed by atoms with van der Waals surface area (Å²) in [4.78, 5) is 0. The van der Waals surface area contributed by atoms with Crippen LogP contribution >= 0.6 is 0 Å². The molecule has 0 saturated carbocycles. The summed E-state index contributed by atoms with van der Waals surface area (Å²) in [6.45, 7) is 8.26. The maximum atomic E-state index is 9.70. The maximum absolute atomic E-state index is 9.70. The van der Waals surface area contributed by atoms with Gasteiger partial charge in [0.15, 0.2) is 0 Å². The van der Waals surface area contributed by atoms with E-state index in [-0.39, 0.29) is 6.04 Å². The van der Waals surface area contributed by atoms with Crippen LogP contribution in [0.4, 0.5) is 0 Å². The van der Waals surface area contributed by atoms with Crippen molar-refractivity contribution >= 4 is 0 Å². The molecule has 2 N–H and O–H groups in total. The number of methoxy groups -OCH3 is 1. The third kappa shape index (κ3) is 4.36. The Kier molecular flexibility index (Phi) is 4.54. The van der Waals surface area contributed by atoms with Crippen LogP contribution in [0.25, 0.3) is 0 Å². The van der Waals surface area contributed by atoms with Crippen molar-refractivity contribution in [2.75, 3.05) is 13.7 Å². The lowest BCUT2D eigenvalue weighted by Gasteiger charge is -2.23. The van der Waals surface area contributed by atoms with Crippen LogP contribution in [0, 0.1) is 6.92 Å². The second-order valence-electron chi connectivity index (χ2n) is 5.16. The molecule has 1 aromatic carbocycles. The molecule has 0 aliphatic heterocycles. The van der Waals surface area contributed by atoms with E-state index in [1.807, 2.05) is 12.1 Å². The highest BCUT2D eigenvalue weighted by Gasteiger charge is 2.16. The van der Waals surface area contributed by atoms with Gasteiger partial charge in [-0.1, -0.05) is 17.7 Å². The second kappa shape index (κ2) is 5.52. The topological polar surface area (TPSA) is 41.5 Å². The van der Waals surface area contributed by atoms with E-state index in [0.29, 0.717) is 6.54 Å². The van der Waals surface area contributed by atoms with Crippen molar-refractivity contribution in [3.05, 3.63) is 29.3 Å². The molecular formula is C14H23NO2. The number of aliphatic hydroxyl groups is 1. The van der Waals surface area contributed by atoms with Crippen LogP contribution in [-0.4, -0.2) is 24.4 Å². The number of rotatable bonds is 5. The standard InChI is InChI=1S/C14H23NO2/c1-10-6-7-13(17-5)12(8-10)11(2)15-9-14(3,4)16/h6-8,11,15-16H,9H2,1-5H3. The number of aryl methyl sites for hydroxylation is 1. The van der Waals surface area contributed by atoms with Crippen LogP contribution in [0.1, 0.15) is 37.9 Å². The van der Waals surface area contributed by atoms with E-state index >= 15 is 0 Å². The number of nitrogens with one attached hydrogen (secondary N) is 1. The van der Waals surface area contributed by atoms with Crippen molar-refractivity contribution in [3.8, 4) is 5.75 Å². The summed E-state index contributed by atoms with van der Waals surface area (Å²) < 4.78 is 5.35. The third-order valence-corrected chi connectivity index (χ3v) is 2.69. The molecule has 0 radical (unpaired) electrons. The van der Waals surface area contributed by atoms with Crippen molar-refractivity contribution in [2.24, 2.45) is 0 Å². The maximum Gasteiger partial charge on any atom is 0.123 e. The van der Waals surface area contributed by atoms with Crippen molar-refractivity contribution in [1.82, 2.24) is 5.32 Å². The molecule has 17 heavy (non-hydrogen) atoms. The lowest BCUT2D eigenvalue weighted by molar-refractivity contribution is 0.0769. The fourth-order valence-electron chi connectivity index (χ4n) is 1.70. The monoisotopic (exact) mass is 237 g/mol. The molecule has 0 saturated heterocycles. The van der Waals surface area contributed by atoms with E-state index in [1.54, 1.807) is 21.0 Å². The van der Waals surface area contributed by atoms with Gasteiger partial charge >= 0.3 is 0 Å². The Balaban J connectivity index is 2.80. The summed E-state index contributed by atoms with van der Waals surface area (Å²) >= 11 is 0. The number of hydrogen-bond donors (Lipinski definition) is 2. The molecule has 1 rings (SSSR count). The Morgan fingerprint density at radius 1 is 1.41 bits per heavy atom. The zero-order chi connectivity index (χ0) is 13.1. The Morgan fingerprint density at radius 2 is 2.06 bits per heavy atom. The largest absolute Gasteiger partial charge is 0.496 e. The summed E-state index contributed by atoms with van der Waals surface area (Å²) in [6.07, 6.45) is 0. The third-order valence-electron chi connectivity index (χ3n) is 2.69. The van der Waals surface area contributed by atoms with Crippen molar-refractivity contribution in [3.63, 3.8) is 0 Å². The van der Waals surface area contributed by atoms with Gasteiger partial charge in [-0.25, -0.2) is 0 Å². The Morgan fingerprint density at radius 3 is 2.59 bits per heavy atom. The highest BCUT2D eigenvalue weighted by atomic mass is 16.5. The van der Waals surface area contributed by atoms with Gasteiger partial charge in [-0.15, -0.1) is 0 Å². The smallest absolute Gasteiger partial charge is 0.123 e. The molecule has 0 fully saturated rings. The summed E-state index contributed by atoms with van der Waals surface area (Å²) in [7, 11) is 1.68. The van der Waals surface area contributed by atoms with Gasteiger partial charge in [0.25, 0.3) is 0 Å². The zero-order valence-corrected chi connectivity index (χ0v) is 11.4. The SMILES string of the molecule is COc1ccc(C)cc1C(C)NCC(C)(C)O. The summed E-state index contributed by atoms with van der Waals surface area (Å²) in [6, 6.07) is 6.27. The predicted molar refractivity (Wildman–Crippen MR) is 70.4 cm³/mol. The van der Waals surface area contributed by atoms with Crippen LogP contribution in [0.15, 0.2) is 18.2 Å². The van der Waals surface area contributed by atoms with Gasteiger partial charge in [-0.2, -0.15) is 0 Å². The molecule has 1 unspecified atom stereocenters. The van der Waals surface area contributed by atoms with Crippen LogP contribution in [-0.2, 0) is 0 Å². The van der Waals surface area contributed by atoms with Gasteiger partial charge in [0, 0.05) is 18.2 Å². The highest BCUT2D eigenvalue weighted by Crippen LogP contribution is 2.26. The number of benzene rings is 1. The lowest BCUT2D eigenvalue weighted by Crippen LogP contribution is -2.36.